The number of nitrogens with zero attached hydrogens (tertiary/aromatic N) is 2. The molecule has 1 saturated heterocycles. The summed E-state index contributed by atoms with van der Waals surface area (Å²) in [4.78, 5) is 20.1. The first-order valence-corrected chi connectivity index (χ1v) is 13.0. The van der Waals surface area contributed by atoms with Crippen LogP contribution in [0.4, 0.5) is 5.69 Å². The zero-order chi connectivity index (χ0) is 24.1. The second kappa shape index (κ2) is 11.3. The molecule has 174 valence electrons. The lowest BCUT2D eigenvalue weighted by atomic mass is 10.1. The summed E-state index contributed by atoms with van der Waals surface area (Å²) in [6.07, 6.45) is 1.87. The molecule has 8 heteroatoms. The molecule has 0 N–H and O–H groups in total. The van der Waals surface area contributed by atoms with Crippen molar-refractivity contribution in [2.45, 2.75) is 13.5 Å². The van der Waals surface area contributed by atoms with E-state index in [1.807, 2.05) is 79.7 Å². The average Bonchev–Trinajstić information content (AvgIpc) is 3.13. The molecule has 0 bridgehead atoms. The number of thioether (sulfide) groups is 1. The smallest absolute Gasteiger partial charge is 0.266 e. The number of carbonyl (C=O) groups excluding carboxylic acids is 1. The molecule has 1 aliphatic heterocycles. The minimum atomic E-state index is -0.0707. The molecular weight excluding hydrogens is 580 g/mol. The highest BCUT2D eigenvalue weighted by atomic mass is 79.9. The van der Waals surface area contributed by atoms with Crippen LogP contribution in [0.5, 0.6) is 11.5 Å². The Bertz CT molecular complexity index is 1240. The first kappa shape index (κ1) is 24.6. The molecule has 0 radical (unpaired) electrons. The Labute approximate surface area is 220 Å². The zero-order valence-corrected chi connectivity index (χ0v) is 22.6. The molecule has 5 nitrogen and oxygen atoms in total. The summed E-state index contributed by atoms with van der Waals surface area (Å²) in [7, 11) is 1.63. The van der Waals surface area contributed by atoms with Crippen LogP contribution in [0.1, 0.15) is 18.1 Å². The normalized spacial score (nSPS) is 15.9. The standard InChI is InChI=1S/C26H22Br2N2O3S/c1-3-30-25(31)24(34-26(30)29-21-9-11-22(32-2)12-10-21)15-18-14-20(28)8-13-23(18)33-16-17-4-6-19(27)7-5-17/h4-15H,3,16H2,1-2H3/b24-15+,29-26?. The van der Waals surface area contributed by atoms with Crippen molar-refractivity contribution in [3.05, 3.63) is 91.7 Å². The van der Waals surface area contributed by atoms with E-state index < -0.39 is 0 Å². The molecule has 0 unspecified atom stereocenters. The van der Waals surface area contributed by atoms with E-state index in [-0.39, 0.29) is 5.91 Å². The van der Waals surface area contributed by atoms with Crippen molar-refractivity contribution in [1.29, 1.82) is 0 Å². The third-order valence-electron chi connectivity index (χ3n) is 5.07. The maximum atomic E-state index is 13.1. The van der Waals surface area contributed by atoms with Crippen LogP contribution in [-0.2, 0) is 11.4 Å². The predicted molar refractivity (Wildman–Crippen MR) is 146 cm³/mol. The van der Waals surface area contributed by atoms with E-state index in [0.29, 0.717) is 29.0 Å². The van der Waals surface area contributed by atoms with Gasteiger partial charge in [0.25, 0.3) is 5.91 Å². The van der Waals surface area contributed by atoms with Gasteiger partial charge in [-0.1, -0.05) is 44.0 Å². The Morgan fingerprint density at radius 2 is 1.71 bits per heavy atom. The van der Waals surface area contributed by atoms with Crippen LogP contribution in [0.25, 0.3) is 6.08 Å². The number of hydrogen-bond acceptors (Lipinski definition) is 5. The first-order valence-electron chi connectivity index (χ1n) is 10.6. The number of ether oxygens (including phenoxy) is 2. The van der Waals surface area contributed by atoms with Crippen molar-refractivity contribution >= 4 is 66.5 Å². The number of rotatable bonds is 7. The number of amidine groups is 1. The lowest BCUT2D eigenvalue weighted by molar-refractivity contribution is -0.122. The van der Waals surface area contributed by atoms with Gasteiger partial charge in [-0.2, -0.15) is 0 Å². The van der Waals surface area contributed by atoms with Gasteiger partial charge in [0.15, 0.2) is 5.17 Å². The zero-order valence-electron chi connectivity index (χ0n) is 18.6. The van der Waals surface area contributed by atoms with Crippen molar-refractivity contribution < 1.29 is 14.3 Å². The number of carbonyl (C=O) groups is 1. The molecule has 0 spiro atoms. The maximum absolute atomic E-state index is 13.1. The Morgan fingerprint density at radius 3 is 2.38 bits per heavy atom. The molecule has 1 fully saturated rings. The number of benzene rings is 3. The predicted octanol–water partition coefficient (Wildman–Crippen LogP) is 7.42. The van der Waals surface area contributed by atoms with Crippen LogP contribution in [0.3, 0.4) is 0 Å². The molecule has 0 saturated carbocycles. The summed E-state index contributed by atoms with van der Waals surface area (Å²) in [6, 6.07) is 21.2. The summed E-state index contributed by atoms with van der Waals surface area (Å²) >= 11 is 8.34. The van der Waals surface area contributed by atoms with Gasteiger partial charge in [-0.05, 0) is 84.9 Å². The van der Waals surface area contributed by atoms with Crippen molar-refractivity contribution in [1.82, 2.24) is 4.90 Å². The molecule has 0 atom stereocenters. The van der Waals surface area contributed by atoms with Crippen molar-refractivity contribution in [2.24, 2.45) is 4.99 Å². The third kappa shape index (κ3) is 5.92. The number of aliphatic imine (C=N–C) groups is 1. The Balaban J connectivity index is 1.59. The van der Waals surface area contributed by atoms with Crippen molar-refractivity contribution in [3.63, 3.8) is 0 Å². The van der Waals surface area contributed by atoms with E-state index in [1.165, 1.54) is 11.8 Å². The van der Waals surface area contributed by atoms with Gasteiger partial charge in [0.1, 0.15) is 18.1 Å². The minimum Gasteiger partial charge on any atom is -0.497 e. The SMILES string of the molecule is CCN1C(=O)/C(=C\c2cc(Br)ccc2OCc2ccc(Br)cc2)SC1=Nc1ccc(OC)cc1. The van der Waals surface area contributed by atoms with Gasteiger partial charge in [0, 0.05) is 21.1 Å². The molecule has 3 aromatic rings. The summed E-state index contributed by atoms with van der Waals surface area (Å²) in [5, 5.41) is 0.649. The highest BCUT2D eigenvalue weighted by Crippen LogP contribution is 2.36. The monoisotopic (exact) mass is 600 g/mol. The van der Waals surface area contributed by atoms with E-state index in [1.54, 1.807) is 12.0 Å². The Morgan fingerprint density at radius 1 is 1.00 bits per heavy atom. The maximum Gasteiger partial charge on any atom is 0.266 e. The summed E-state index contributed by atoms with van der Waals surface area (Å²) in [6.45, 7) is 2.90. The number of hydrogen-bond donors (Lipinski definition) is 0. The molecule has 34 heavy (non-hydrogen) atoms. The molecule has 1 heterocycles. The lowest BCUT2D eigenvalue weighted by Crippen LogP contribution is -2.28. The number of halogens is 2. The number of methoxy groups -OCH3 is 1. The molecule has 3 aromatic carbocycles. The quantitative estimate of drug-likeness (QED) is 0.264. The minimum absolute atomic E-state index is 0.0707. The summed E-state index contributed by atoms with van der Waals surface area (Å²) < 4.78 is 13.2. The van der Waals surface area contributed by atoms with Crippen LogP contribution < -0.4 is 9.47 Å². The number of likely N-dealkylation sites (N-methyl/N-ethyl adjacent to an activating group) is 1. The highest BCUT2D eigenvalue weighted by molar-refractivity contribution is 9.10. The topological polar surface area (TPSA) is 51.1 Å². The van der Waals surface area contributed by atoms with Crippen molar-refractivity contribution in [3.8, 4) is 11.5 Å². The van der Waals surface area contributed by atoms with E-state index in [2.05, 4.69) is 31.9 Å². The fourth-order valence-corrected chi connectivity index (χ4v) is 4.98. The molecule has 1 amide bonds. The summed E-state index contributed by atoms with van der Waals surface area (Å²) in [5.41, 5.74) is 2.64. The van der Waals surface area contributed by atoms with Gasteiger partial charge in [0.05, 0.1) is 17.7 Å². The molecule has 4 rings (SSSR count). The van der Waals surface area contributed by atoms with Gasteiger partial charge in [0.2, 0.25) is 0 Å². The second-order valence-corrected chi connectivity index (χ2v) is 10.2. The van der Waals surface area contributed by atoms with Crippen LogP contribution in [-0.4, -0.2) is 29.6 Å². The van der Waals surface area contributed by atoms with Crippen LogP contribution in [0, 0.1) is 0 Å². The number of amides is 1. The van der Waals surface area contributed by atoms with E-state index >= 15 is 0 Å². The molecule has 0 aliphatic carbocycles. The van der Waals surface area contributed by atoms with Gasteiger partial charge in [-0.3, -0.25) is 9.69 Å². The van der Waals surface area contributed by atoms with Crippen molar-refractivity contribution in [2.75, 3.05) is 13.7 Å². The lowest BCUT2D eigenvalue weighted by Gasteiger charge is -2.12. The largest absolute Gasteiger partial charge is 0.497 e. The Hall–Kier alpha value is -2.55. The van der Waals surface area contributed by atoms with Gasteiger partial charge >= 0.3 is 0 Å². The van der Waals surface area contributed by atoms with Gasteiger partial charge < -0.3 is 9.47 Å². The van der Waals surface area contributed by atoms with Crippen LogP contribution >= 0.6 is 43.6 Å². The fraction of sp³-hybridized carbons (Fsp3) is 0.154. The van der Waals surface area contributed by atoms with E-state index in [9.17, 15) is 4.79 Å². The summed E-state index contributed by atoms with van der Waals surface area (Å²) in [5.74, 6) is 1.39. The molecule has 1 aliphatic rings. The first-order chi connectivity index (χ1) is 16.5. The van der Waals surface area contributed by atoms with Crippen LogP contribution in [0.15, 0.2) is 85.6 Å². The van der Waals surface area contributed by atoms with E-state index in [4.69, 9.17) is 14.5 Å². The fourth-order valence-electron chi connectivity index (χ4n) is 3.28. The highest BCUT2D eigenvalue weighted by Gasteiger charge is 2.32. The second-order valence-electron chi connectivity index (χ2n) is 7.35. The van der Waals surface area contributed by atoms with Gasteiger partial charge in [-0.15, -0.1) is 0 Å². The molecule has 0 aromatic heterocycles. The van der Waals surface area contributed by atoms with Gasteiger partial charge in [-0.25, -0.2) is 4.99 Å². The molecular formula is C26H22Br2N2O3S. The third-order valence-corrected chi connectivity index (χ3v) is 7.10. The Kier molecular flexibility index (Phi) is 8.13. The average molecular weight is 602 g/mol. The van der Waals surface area contributed by atoms with E-state index in [0.717, 1.165) is 31.5 Å². The van der Waals surface area contributed by atoms with Crippen LogP contribution in [0.2, 0.25) is 0 Å².